The first-order valence-electron chi connectivity index (χ1n) is 7.57. The van der Waals surface area contributed by atoms with Crippen molar-refractivity contribution in [2.75, 3.05) is 5.32 Å². The van der Waals surface area contributed by atoms with E-state index in [2.05, 4.69) is 27.7 Å². The topological polar surface area (TPSA) is 46.4 Å². The molecule has 1 amide bonds. The number of benzene rings is 1. The van der Waals surface area contributed by atoms with Gasteiger partial charge in [-0.05, 0) is 44.0 Å². The van der Waals surface area contributed by atoms with Gasteiger partial charge in [0.15, 0.2) is 0 Å². The normalized spacial score (nSPS) is 14.2. The number of rotatable bonds is 3. The number of hydrogen-bond acceptors (Lipinski definition) is 2. The van der Waals surface area contributed by atoms with E-state index in [1.54, 1.807) is 0 Å². The van der Waals surface area contributed by atoms with Crippen molar-refractivity contribution < 1.29 is 4.79 Å². The summed E-state index contributed by atoms with van der Waals surface area (Å²) < 4.78 is 2.08. The first-order valence-corrected chi connectivity index (χ1v) is 7.57. The number of aromatic nitrogens is 2. The van der Waals surface area contributed by atoms with Gasteiger partial charge >= 0.3 is 0 Å². The zero-order valence-electron chi connectivity index (χ0n) is 12.4. The molecule has 1 saturated carbocycles. The second-order valence-electron chi connectivity index (χ2n) is 5.86. The van der Waals surface area contributed by atoms with Crippen molar-refractivity contribution >= 4 is 17.2 Å². The minimum absolute atomic E-state index is 0.135. The minimum Gasteiger partial charge on any atom is -0.326 e. The van der Waals surface area contributed by atoms with Crippen LogP contribution in [0.3, 0.4) is 0 Å². The average Bonchev–Trinajstić information content (AvgIpc) is 3.28. The minimum atomic E-state index is 0.135. The van der Waals surface area contributed by atoms with Crippen LogP contribution in [-0.2, 0) is 4.79 Å². The van der Waals surface area contributed by atoms with Gasteiger partial charge in [0.05, 0.1) is 5.69 Å². The van der Waals surface area contributed by atoms with Gasteiger partial charge in [-0.3, -0.25) is 4.79 Å². The van der Waals surface area contributed by atoms with Gasteiger partial charge in [-0.25, -0.2) is 4.98 Å². The number of aryl methyl sites for hydroxylation is 1. The molecule has 0 aliphatic heterocycles. The van der Waals surface area contributed by atoms with Crippen molar-refractivity contribution in [2.45, 2.75) is 19.8 Å². The van der Waals surface area contributed by atoms with Crippen LogP contribution >= 0.6 is 0 Å². The number of carbonyl (C=O) groups is 1. The second-order valence-corrected chi connectivity index (χ2v) is 5.86. The Morgan fingerprint density at radius 2 is 1.95 bits per heavy atom. The van der Waals surface area contributed by atoms with Gasteiger partial charge in [-0.1, -0.05) is 18.2 Å². The van der Waals surface area contributed by atoms with Gasteiger partial charge in [0.2, 0.25) is 5.91 Å². The van der Waals surface area contributed by atoms with Crippen LogP contribution in [0.5, 0.6) is 0 Å². The lowest BCUT2D eigenvalue weighted by Crippen LogP contribution is -2.12. The summed E-state index contributed by atoms with van der Waals surface area (Å²) in [5.74, 6) is 0.359. The van der Waals surface area contributed by atoms with Crippen LogP contribution in [0.15, 0.2) is 48.7 Å². The SMILES string of the molecule is Cc1cccc2nc(-c3ccc(NC(=O)C4CC4)cc3)cn12. The van der Waals surface area contributed by atoms with Crippen molar-refractivity contribution in [3.63, 3.8) is 0 Å². The first-order chi connectivity index (χ1) is 10.7. The monoisotopic (exact) mass is 291 g/mol. The Balaban J connectivity index is 1.61. The highest BCUT2D eigenvalue weighted by Crippen LogP contribution is 2.30. The van der Waals surface area contributed by atoms with Crippen molar-refractivity contribution in [2.24, 2.45) is 5.92 Å². The number of anilines is 1. The van der Waals surface area contributed by atoms with E-state index in [0.717, 1.165) is 41.1 Å². The maximum absolute atomic E-state index is 11.8. The number of nitrogens with zero attached hydrogens (tertiary/aromatic N) is 2. The number of hydrogen-bond donors (Lipinski definition) is 1. The molecule has 0 spiro atoms. The second kappa shape index (κ2) is 4.98. The quantitative estimate of drug-likeness (QED) is 0.800. The Labute approximate surface area is 128 Å². The zero-order valence-corrected chi connectivity index (χ0v) is 12.4. The number of fused-ring (bicyclic) bond motifs is 1. The number of pyridine rings is 1. The summed E-state index contributed by atoms with van der Waals surface area (Å²) >= 11 is 0. The average molecular weight is 291 g/mol. The number of amides is 1. The van der Waals surface area contributed by atoms with E-state index in [1.807, 2.05) is 42.6 Å². The van der Waals surface area contributed by atoms with E-state index in [1.165, 1.54) is 0 Å². The molecule has 0 saturated heterocycles. The van der Waals surface area contributed by atoms with E-state index >= 15 is 0 Å². The molecular formula is C18H17N3O. The number of nitrogens with one attached hydrogen (secondary N) is 1. The lowest BCUT2D eigenvalue weighted by Gasteiger charge is -2.04. The van der Waals surface area contributed by atoms with Crippen molar-refractivity contribution in [3.05, 3.63) is 54.4 Å². The predicted molar refractivity (Wildman–Crippen MR) is 86.7 cm³/mol. The van der Waals surface area contributed by atoms with E-state index in [-0.39, 0.29) is 11.8 Å². The van der Waals surface area contributed by atoms with Crippen LogP contribution in [0.1, 0.15) is 18.5 Å². The summed E-state index contributed by atoms with van der Waals surface area (Å²) in [6.45, 7) is 2.06. The fraction of sp³-hybridized carbons (Fsp3) is 0.222. The lowest BCUT2D eigenvalue weighted by atomic mass is 10.1. The molecule has 1 N–H and O–H groups in total. The van der Waals surface area contributed by atoms with Crippen LogP contribution in [0.2, 0.25) is 0 Å². The molecule has 22 heavy (non-hydrogen) atoms. The molecule has 0 unspecified atom stereocenters. The van der Waals surface area contributed by atoms with Crippen molar-refractivity contribution in [1.29, 1.82) is 0 Å². The third-order valence-electron chi connectivity index (χ3n) is 4.09. The molecule has 1 fully saturated rings. The molecule has 1 aromatic carbocycles. The van der Waals surface area contributed by atoms with E-state index in [0.29, 0.717) is 0 Å². The van der Waals surface area contributed by atoms with Gasteiger partial charge in [0.1, 0.15) is 5.65 Å². The van der Waals surface area contributed by atoms with Crippen LogP contribution < -0.4 is 5.32 Å². The Bertz CT molecular complexity index is 844. The summed E-state index contributed by atoms with van der Waals surface area (Å²) in [4.78, 5) is 16.4. The van der Waals surface area contributed by atoms with Crippen LogP contribution in [-0.4, -0.2) is 15.3 Å². The van der Waals surface area contributed by atoms with E-state index in [9.17, 15) is 4.79 Å². The summed E-state index contributed by atoms with van der Waals surface area (Å²) in [5, 5.41) is 2.95. The maximum atomic E-state index is 11.8. The standard InChI is InChI=1S/C18H17N3O/c1-12-3-2-4-17-20-16(11-21(12)17)13-7-9-15(10-8-13)19-18(22)14-5-6-14/h2-4,7-11,14H,5-6H2,1H3,(H,19,22). The Morgan fingerprint density at radius 1 is 1.18 bits per heavy atom. The highest BCUT2D eigenvalue weighted by atomic mass is 16.2. The van der Waals surface area contributed by atoms with Gasteiger partial charge in [-0.2, -0.15) is 0 Å². The summed E-state index contributed by atoms with van der Waals surface area (Å²) in [6.07, 6.45) is 4.08. The summed E-state index contributed by atoms with van der Waals surface area (Å²) in [6, 6.07) is 14.0. The molecule has 0 bridgehead atoms. The van der Waals surface area contributed by atoms with Crippen molar-refractivity contribution in [3.8, 4) is 11.3 Å². The third kappa shape index (κ3) is 2.37. The fourth-order valence-electron chi connectivity index (χ4n) is 2.60. The molecule has 2 aromatic heterocycles. The Hall–Kier alpha value is -2.62. The molecule has 0 radical (unpaired) electrons. The van der Waals surface area contributed by atoms with Gasteiger partial charge in [0, 0.05) is 29.1 Å². The molecule has 4 heteroatoms. The molecule has 1 aliphatic rings. The Morgan fingerprint density at radius 3 is 2.64 bits per heavy atom. The smallest absolute Gasteiger partial charge is 0.227 e. The number of carbonyl (C=O) groups excluding carboxylic acids is 1. The summed E-state index contributed by atoms with van der Waals surface area (Å²) in [7, 11) is 0. The number of imidazole rings is 1. The Kier molecular flexibility index (Phi) is 2.96. The van der Waals surface area contributed by atoms with Gasteiger partial charge in [-0.15, -0.1) is 0 Å². The maximum Gasteiger partial charge on any atom is 0.227 e. The van der Waals surface area contributed by atoms with Gasteiger partial charge < -0.3 is 9.72 Å². The van der Waals surface area contributed by atoms with Crippen LogP contribution in [0.4, 0.5) is 5.69 Å². The molecule has 2 heterocycles. The first kappa shape index (κ1) is 13.1. The molecule has 0 atom stereocenters. The molecule has 4 rings (SSSR count). The van der Waals surface area contributed by atoms with E-state index in [4.69, 9.17) is 0 Å². The molecule has 3 aromatic rings. The highest BCUT2D eigenvalue weighted by molar-refractivity contribution is 5.94. The molecular weight excluding hydrogens is 274 g/mol. The summed E-state index contributed by atoms with van der Waals surface area (Å²) in [5.41, 5.74) is 4.94. The van der Waals surface area contributed by atoms with Crippen LogP contribution in [0, 0.1) is 12.8 Å². The van der Waals surface area contributed by atoms with Crippen molar-refractivity contribution in [1.82, 2.24) is 9.38 Å². The molecule has 110 valence electrons. The predicted octanol–water partition coefficient (Wildman–Crippen LogP) is 3.66. The van der Waals surface area contributed by atoms with E-state index < -0.39 is 0 Å². The zero-order chi connectivity index (χ0) is 15.1. The fourth-order valence-corrected chi connectivity index (χ4v) is 2.60. The lowest BCUT2D eigenvalue weighted by molar-refractivity contribution is -0.117. The largest absolute Gasteiger partial charge is 0.326 e. The third-order valence-corrected chi connectivity index (χ3v) is 4.09. The van der Waals surface area contributed by atoms with Gasteiger partial charge in [0.25, 0.3) is 0 Å². The highest BCUT2D eigenvalue weighted by Gasteiger charge is 2.29. The van der Waals surface area contributed by atoms with Crippen LogP contribution in [0.25, 0.3) is 16.9 Å². The molecule has 1 aliphatic carbocycles. The molecule has 4 nitrogen and oxygen atoms in total.